The minimum absolute atomic E-state index is 0.216. The fourth-order valence-electron chi connectivity index (χ4n) is 2.92. The zero-order chi connectivity index (χ0) is 18.3. The highest BCUT2D eigenvalue weighted by Gasteiger charge is 2.18. The molecule has 0 saturated heterocycles. The molecule has 4 aromatic rings. The van der Waals surface area contributed by atoms with Gasteiger partial charge < -0.3 is 10.3 Å². The maximum absolute atomic E-state index is 12.4. The number of para-hydroxylation sites is 2. The van der Waals surface area contributed by atoms with Crippen molar-refractivity contribution in [3.63, 3.8) is 0 Å². The normalized spacial score (nSPS) is 11.2. The Morgan fingerprint density at radius 3 is 2.81 bits per heavy atom. The number of imidazole rings is 1. The summed E-state index contributed by atoms with van der Waals surface area (Å²) in [6, 6.07) is 7.77. The van der Waals surface area contributed by atoms with Gasteiger partial charge >= 0.3 is 0 Å². The maximum atomic E-state index is 12.4. The van der Waals surface area contributed by atoms with Crippen molar-refractivity contribution >= 4 is 28.3 Å². The molecule has 0 fully saturated rings. The van der Waals surface area contributed by atoms with Gasteiger partial charge in [0.25, 0.3) is 5.91 Å². The van der Waals surface area contributed by atoms with E-state index in [1.807, 2.05) is 49.8 Å². The predicted molar refractivity (Wildman–Crippen MR) is 101 cm³/mol. The number of hydrogen-bond donors (Lipinski definition) is 2. The Balaban J connectivity index is 1.49. The molecule has 0 aliphatic carbocycles. The number of carbonyl (C=O) groups excluding carboxylic acids is 1. The minimum atomic E-state index is -0.216. The molecule has 0 aliphatic heterocycles. The molecule has 0 bridgehead atoms. The number of amides is 1. The highest BCUT2D eigenvalue weighted by Crippen LogP contribution is 2.29. The fraction of sp³-hybridized carbons (Fsp3) is 0.222. The van der Waals surface area contributed by atoms with Gasteiger partial charge in [0.05, 0.1) is 28.8 Å². The van der Waals surface area contributed by atoms with E-state index in [0.29, 0.717) is 18.1 Å². The summed E-state index contributed by atoms with van der Waals surface area (Å²) in [5.74, 6) is 0.501. The molecule has 0 aliphatic rings. The van der Waals surface area contributed by atoms with Gasteiger partial charge in [-0.3, -0.25) is 9.48 Å². The number of nitrogens with zero attached hydrogens (tertiary/aromatic N) is 4. The van der Waals surface area contributed by atoms with Gasteiger partial charge in [0.2, 0.25) is 0 Å². The van der Waals surface area contributed by atoms with Crippen LogP contribution in [0.1, 0.15) is 27.7 Å². The SMILES string of the molecule is Cc1nn(C)c(C)c1-c1nc(C(=O)NCc2nc3ccccc3[nH]2)cs1. The number of benzene rings is 1. The summed E-state index contributed by atoms with van der Waals surface area (Å²) in [6.45, 7) is 4.27. The molecule has 2 N–H and O–H groups in total. The van der Waals surface area contributed by atoms with E-state index < -0.39 is 0 Å². The summed E-state index contributed by atoms with van der Waals surface area (Å²) in [5.41, 5.74) is 5.18. The molecule has 132 valence electrons. The summed E-state index contributed by atoms with van der Waals surface area (Å²) >= 11 is 1.45. The number of nitrogens with one attached hydrogen (secondary N) is 2. The molecule has 1 aromatic carbocycles. The minimum Gasteiger partial charge on any atom is -0.343 e. The highest BCUT2D eigenvalue weighted by molar-refractivity contribution is 7.13. The van der Waals surface area contributed by atoms with Gasteiger partial charge in [-0.05, 0) is 26.0 Å². The molecule has 0 radical (unpaired) electrons. The predicted octanol–water partition coefficient (Wildman–Crippen LogP) is 2.97. The average molecular weight is 366 g/mol. The molecule has 0 atom stereocenters. The van der Waals surface area contributed by atoms with E-state index in [-0.39, 0.29) is 5.91 Å². The van der Waals surface area contributed by atoms with Crippen molar-refractivity contribution < 1.29 is 4.79 Å². The third-order valence-corrected chi connectivity index (χ3v) is 5.17. The number of aromatic amines is 1. The van der Waals surface area contributed by atoms with Crippen LogP contribution in [0, 0.1) is 13.8 Å². The van der Waals surface area contributed by atoms with Crippen LogP contribution in [0.3, 0.4) is 0 Å². The molecule has 0 saturated carbocycles. The molecule has 26 heavy (non-hydrogen) atoms. The zero-order valence-electron chi connectivity index (χ0n) is 14.7. The van der Waals surface area contributed by atoms with E-state index in [4.69, 9.17) is 0 Å². The second-order valence-corrected chi connectivity index (χ2v) is 6.95. The van der Waals surface area contributed by atoms with Gasteiger partial charge in [-0.2, -0.15) is 5.10 Å². The number of rotatable bonds is 4. The summed E-state index contributed by atoms with van der Waals surface area (Å²) in [6.07, 6.45) is 0. The summed E-state index contributed by atoms with van der Waals surface area (Å²) in [5, 5.41) is 9.85. The third kappa shape index (κ3) is 2.88. The van der Waals surface area contributed by atoms with Gasteiger partial charge in [0, 0.05) is 18.1 Å². The molecule has 0 spiro atoms. The average Bonchev–Trinajstić information content (AvgIpc) is 3.31. The van der Waals surface area contributed by atoms with Gasteiger partial charge in [-0.15, -0.1) is 11.3 Å². The van der Waals surface area contributed by atoms with Crippen LogP contribution in [0.5, 0.6) is 0 Å². The number of fused-ring (bicyclic) bond motifs is 1. The Morgan fingerprint density at radius 1 is 1.27 bits per heavy atom. The van der Waals surface area contributed by atoms with E-state index in [1.54, 1.807) is 5.38 Å². The topological polar surface area (TPSA) is 88.5 Å². The van der Waals surface area contributed by atoms with Crippen molar-refractivity contribution in [3.8, 4) is 10.6 Å². The number of carbonyl (C=O) groups is 1. The molecule has 1 amide bonds. The monoisotopic (exact) mass is 366 g/mol. The van der Waals surface area contributed by atoms with E-state index in [0.717, 1.165) is 33.0 Å². The molecule has 7 nitrogen and oxygen atoms in total. The molecule has 8 heteroatoms. The lowest BCUT2D eigenvalue weighted by atomic mass is 10.2. The number of hydrogen-bond acceptors (Lipinski definition) is 5. The molecule has 3 heterocycles. The van der Waals surface area contributed by atoms with Gasteiger partial charge in [0.15, 0.2) is 0 Å². The van der Waals surface area contributed by atoms with Gasteiger partial charge in [-0.1, -0.05) is 12.1 Å². The Labute approximate surface area is 154 Å². The van der Waals surface area contributed by atoms with Crippen molar-refractivity contribution in [2.45, 2.75) is 20.4 Å². The Hall–Kier alpha value is -3.00. The van der Waals surface area contributed by atoms with E-state index >= 15 is 0 Å². The first-order valence-corrected chi connectivity index (χ1v) is 9.09. The second kappa shape index (κ2) is 6.38. The summed E-state index contributed by atoms with van der Waals surface area (Å²) in [7, 11) is 1.90. The standard InChI is InChI=1S/C18H18N6OS/c1-10-16(11(2)24(3)23-10)18-22-14(9-26-18)17(25)19-8-15-20-12-6-4-5-7-13(12)21-15/h4-7,9H,8H2,1-3H3,(H,19,25)(H,20,21). The smallest absolute Gasteiger partial charge is 0.271 e. The van der Waals surface area contributed by atoms with Crippen molar-refractivity contribution in [2.75, 3.05) is 0 Å². The molecule has 4 rings (SSSR count). The quantitative estimate of drug-likeness (QED) is 0.581. The van der Waals surface area contributed by atoms with Crippen molar-refractivity contribution in [2.24, 2.45) is 7.05 Å². The van der Waals surface area contributed by atoms with Crippen molar-refractivity contribution in [3.05, 3.63) is 52.6 Å². The first kappa shape index (κ1) is 16.5. The highest BCUT2D eigenvalue weighted by atomic mass is 32.1. The molecule has 0 unspecified atom stereocenters. The first-order valence-electron chi connectivity index (χ1n) is 8.21. The molecular formula is C18H18N6OS. The molecular weight excluding hydrogens is 348 g/mol. The number of aryl methyl sites for hydroxylation is 2. The third-order valence-electron chi connectivity index (χ3n) is 4.31. The lowest BCUT2D eigenvalue weighted by Crippen LogP contribution is -2.23. The van der Waals surface area contributed by atoms with Crippen LogP contribution in [0.2, 0.25) is 0 Å². The summed E-state index contributed by atoms with van der Waals surface area (Å²) < 4.78 is 1.83. The maximum Gasteiger partial charge on any atom is 0.271 e. The van der Waals surface area contributed by atoms with Crippen LogP contribution in [-0.4, -0.2) is 30.6 Å². The van der Waals surface area contributed by atoms with Crippen LogP contribution in [0.25, 0.3) is 21.6 Å². The number of H-pyrrole nitrogens is 1. The Bertz CT molecular complexity index is 1070. The Kier molecular flexibility index (Phi) is 4.04. The largest absolute Gasteiger partial charge is 0.343 e. The lowest BCUT2D eigenvalue weighted by molar-refractivity contribution is 0.0946. The van der Waals surface area contributed by atoms with Gasteiger partial charge in [0.1, 0.15) is 16.5 Å². The second-order valence-electron chi connectivity index (χ2n) is 6.09. The van der Waals surface area contributed by atoms with Crippen LogP contribution >= 0.6 is 11.3 Å². The zero-order valence-corrected chi connectivity index (χ0v) is 15.5. The molecule has 3 aromatic heterocycles. The number of aromatic nitrogens is 5. The van der Waals surface area contributed by atoms with Crippen LogP contribution < -0.4 is 5.32 Å². The van der Waals surface area contributed by atoms with Crippen LogP contribution in [0.15, 0.2) is 29.6 Å². The van der Waals surface area contributed by atoms with Crippen molar-refractivity contribution in [1.82, 2.24) is 30.0 Å². The van der Waals surface area contributed by atoms with E-state index in [2.05, 4.69) is 25.4 Å². The Morgan fingerprint density at radius 2 is 2.08 bits per heavy atom. The first-order chi connectivity index (χ1) is 12.5. The summed E-state index contributed by atoms with van der Waals surface area (Å²) in [4.78, 5) is 24.6. The van der Waals surface area contributed by atoms with E-state index in [1.165, 1.54) is 11.3 Å². The van der Waals surface area contributed by atoms with Crippen LogP contribution in [0.4, 0.5) is 0 Å². The van der Waals surface area contributed by atoms with Gasteiger partial charge in [-0.25, -0.2) is 9.97 Å². The fourth-order valence-corrected chi connectivity index (χ4v) is 3.87. The van der Waals surface area contributed by atoms with Crippen molar-refractivity contribution in [1.29, 1.82) is 0 Å². The van der Waals surface area contributed by atoms with E-state index in [9.17, 15) is 4.79 Å². The number of thiazole rings is 1. The lowest BCUT2D eigenvalue weighted by Gasteiger charge is -2.00. The van der Waals surface area contributed by atoms with Crippen LogP contribution in [-0.2, 0) is 13.6 Å².